The smallest absolute Gasteiger partial charge is 0.409 e. The molecule has 0 aliphatic heterocycles. The van der Waals surface area contributed by atoms with Crippen molar-refractivity contribution in [1.29, 1.82) is 0 Å². The van der Waals surface area contributed by atoms with E-state index < -0.39 is 0 Å². The van der Waals surface area contributed by atoms with E-state index in [0.29, 0.717) is 19.2 Å². The van der Waals surface area contributed by atoms with Gasteiger partial charge in [0.15, 0.2) is 0 Å². The molecule has 0 radical (unpaired) electrons. The molecule has 4 heteroatoms. The van der Waals surface area contributed by atoms with Crippen LogP contribution in [-0.2, 0) is 9.47 Å². The second-order valence-electron chi connectivity index (χ2n) is 3.99. The average Bonchev–Trinajstić information content (AvgIpc) is 2.35. The highest BCUT2D eigenvalue weighted by atomic mass is 16.5. The van der Waals surface area contributed by atoms with Crippen molar-refractivity contribution in [1.82, 2.24) is 4.90 Å². The van der Waals surface area contributed by atoms with Crippen LogP contribution in [-0.4, -0.2) is 37.3 Å². The van der Waals surface area contributed by atoms with E-state index in [4.69, 9.17) is 9.47 Å². The van der Waals surface area contributed by atoms with Gasteiger partial charge in [-0.3, -0.25) is 0 Å². The van der Waals surface area contributed by atoms with E-state index in [1.54, 1.807) is 4.90 Å². The molecule has 0 atom stereocenters. The minimum atomic E-state index is -0.250. The molecule has 0 N–H and O–H groups in total. The molecule has 1 aliphatic rings. The molecule has 1 aliphatic carbocycles. The summed E-state index contributed by atoms with van der Waals surface area (Å²) in [5.74, 6) is 0. The third-order valence-corrected chi connectivity index (χ3v) is 2.99. The first-order chi connectivity index (χ1) is 7.79. The molecule has 0 bridgehead atoms. The largest absolute Gasteiger partial charge is 0.500 e. The number of hydrogen-bond acceptors (Lipinski definition) is 3. The Balaban J connectivity index is 2.47. The van der Waals surface area contributed by atoms with Crippen molar-refractivity contribution in [2.75, 3.05) is 20.3 Å². The Morgan fingerprint density at radius 2 is 2.12 bits per heavy atom. The zero-order chi connectivity index (χ0) is 11.8. The van der Waals surface area contributed by atoms with Gasteiger partial charge in [-0.15, -0.1) is 0 Å². The summed E-state index contributed by atoms with van der Waals surface area (Å²) in [4.78, 5) is 13.4. The van der Waals surface area contributed by atoms with E-state index in [9.17, 15) is 4.79 Å². The fraction of sp³-hybridized carbons (Fsp3) is 0.750. The fourth-order valence-corrected chi connectivity index (χ4v) is 2.17. The lowest BCUT2D eigenvalue weighted by Crippen LogP contribution is -2.43. The number of methoxy groups -OCH3 is 1. The van der Waals surface area contributed by atoms with Crippen molar-refractivity contribution in [2.24, 2.45) is 0 Å². The summed E-state index contributed by atoms with van der Waals surface area (Å²) in [6.07, 6.45) is 6.96. The zero-order valence-electron chi connectivity index (χ0n) is 9.98. The number of nitrogens with zero attached hydrogens (tertiary/aromatic N) is 1. The maximum Gasteiger partial charge on any atom is 0.409 e. The molecule has 0 unspecified atom stereocenters. The van der Waals surface area contributed by atoms with Crippen LogP contribution in [0.25, 0.3) is 0 Å². The average molecular weight is 227 g/mol. The normalized spacial score (nSPS) is 16.6. The number of rotatable bonds is 5. The lowest BCUT2D eigenvalue weighted by atomic mass is 9.94. The minimum Gasteiger partial charge on any atom is -0.500 e. The van der Waals surface area contributed by atoms with Gasteiger partial charge in [-0.1, -0.05) is 25.8 Å². The summed E-state index contributed by atoms with van der Waals surface area (Å²) in [6.45, 7) is 4.53. The molecule has 0 aromatic heterocycles. The number of hydrogen-bond donors (Lipinski definition) is 0. The van der Waals surface area contributed by atoms with Gasteiger partial charge < -0.3 is 14.4 Å². The van der Waals surface area contributed by atoms with E-state index in [2.05, 4.69) is 6.58 Å². The molecule has 0 spiro atoms. The first-order valence-electron chi connectivity index (χ1n) is 5.86. The Labute approximate surface area is 97.2 Å². The van der Waals surface area contributed by atoms with Gasteiger partial charge in [0.2, 0.25) is 0 Å². The van der Waals surface area contributed by atoms with E-state index >= 15 is 0 Å². The third-order valence-electron chi connectivity index (χ3n) is 2.99. The molecule has 0 heterocycles. The Morgan fingerprint density at radius 1 is 1.44 bits per heavy atom. The summed E-state index contributed by atoms with van der Waals surface area (Å²) >= 11 is 0. The fourth-order valence-electron chi connectivity index (χ4n) is 2.17. The maximum absolute atomic E-state index is 11.6. The summed E-state index contributed by atoms with van der Waals surface area (Å²) in [5, 5.41) is 0. The van der Waals surface area contributed by atoms with Crippen LogP contribution in [0.2, 0.25) is 0 Å². The van der Waals surface area contributed by atoms with Gasteiger partial charge in [0.25, 0.3) is 0 Å². The van der Waals surface area contributed by atoms with Crippen molar-refractivity contribution in [3.63, 3.8) is 0 Å². The lowest BCUT2D eigenvalue weighted by molar-refractivity contribution is 0.0800. The highest BCUT2D eigenvalue weighted by Gasteiger charge is 2.25. The molecule has 0 saturated heterocycles. The standard InChI is InChI=1S/C12H21NO3/c1-3-16-10-9-13(12(14)15-2)11-7-5-4-6-8-11/h3,11H,1,4-10H2,2H3. The second kappa shape index (κ2) is 7.14. The second-order valence-corrected chi connectivity index (χ2v) is 3.99. The maximum atomic E-state index is 11.6. The summed E-state index contributed by atoms with van der Waals surface area (Å²) < 4.78 is 9.87. The van der Waals surface area contributed by atoms with Gasteiger partial charge in [-0.25, -0.2) is 4.79 Å². The first kappa shape index (κ1) is 12.9. The van der Waals surface area contributed by atoms with Crippen molar-refractivity contribution in [2.45, 2.75) is 38.1 Å². The Kier molecular flexibility index (Phi) is 5.75. The Bertz CT molecular complexity index is 224. The molecule has 1 amide bonds. The van der Waals surface area contributed by atoms with Gasteiger partial charge in [0.05, 0.1) is 19.9 Å². The van der Waals surface area contributed by atoms with Crippen molar-refractivity contribution >= 4 is 6.09 Å². The molecule has 0 aromatic carbocycles. The lowest BCUT2D eigenvalue weighted by Gasteiger charge is -2.32. The molecule has 4 nitrogen and oxygen atoms in total. The summed E-state index contributed by atoms with van der Waals surface area (Å²) in [6, 6.07) is 0.314. The van der Waals surface area contributed by atoms with E-state index in [1.807, 2.05) is 0 Å². The quantitative estimate of drug-likeness (QED) is 0.535. The predicted molar refractivity (Wildman–Crippen MR) is 62.1 cm³/mol. The summed E-state index contributed by atoms with van der Waals surface area (Å²) in [5.41, 5.74) is 0. The molecule has 16 heavy (non-hydrogen) atoms. The van der Waals surface area contributed by atoms with Gasteiger partial charge >= 0.3 is 6.09 Å². The monoisotopic (exact) mass is 227 g/mol. The van der Waals surface area contributed by atoms with E-state index in [-0.39, 0.29) is 6.09 Å². The number of ether oxygens (including phenoxy) is 2. The van der Waals surface area contributed by atoms with Crippen molar-refractivity contribution in [3.05, 3.63) is 12.8 Å². The molecule has 1 saturated carbocycles. The SMILES string of the molecule is C=COCCN(C(=O)OC)C1CCCCC1. The van der Waals surface area contributed by atoms with E-state index in [1.165, 1.54) is 32.6 Å². The molecule has 0 aromatic rings. The highest BCUT2D eigenvalue weighted by Crippen LogP contribution is 2.22. The van der Waals surface area contributed by atoms with Crippen LogP contribution in [0.4, 0.5) is 4.79 Å². The summed E-state index contributed by atoms with van der Waals surface area (Å²) in [7, 11) is 1.42. The Hall–Kier alpha value is -1.19. The molecular formula is C12H21NO3. The van der Waals surface area contributed by atoms with Crippen LogP contribution in [0, 0.1) is 0 Å². The minimum absolute atomic E-state index is 0.250. The van der Waals surface area contributed by atoms with Crippen molar-refractivity contribution in [3.8, 4) is 0 Å². The van der Waals surface area contributed by atoms with Gasteiger partial charge in [-0.05, 0) is 12.8 Å². The Morgan fingerprint density at radius 3 is 2.69 bits per heavy atom. The van der Waals surface area contributed by atoms with Crippen LogP contribution in [0.5, 0.6) is 0 Å². The van der Waals surface area contributed by atoms with Crippen molar-refractivity contribution < 1.29 is 14.3 Å². The number of carbonyl (C=O) groups excluding carboxylic acids is 1. The van der Waals surface area contributed by atoms with Gasteiger partial charge in [-0.2, -0.15) is 0 Å². The van der Waals surface area contributed by atoms with Crippen LogP contribution in [0.3, 0.4) is 0 Å². The van der Waals surface area contributed by atoms with Crippen LogP contribution >= 0.6 is 0 Å². The molecular weight excluding hydrogens is 206 g/mol. The van der Waals surface area contributed by atoms with Gasteiger partial charge in [0.1, 0.15) is 6.61 Å². The topological polar surface area (TPSA) is 38.8 Å². The molecule has 1 fully saturated rings. The van der Waals surface area contributed by atoms with Crippen LogP contribution < -0.4 is 0 Å². The van der Waals surface area contributed by atoms with Crippen LogP contribution in [0.1, 0.15) is 32.1 Å². The van der Waals surface area contributed by atoms with Crippen LogP contribution in [0.15, 0.2) is 12.8 Å². The predicted octanol–water partition coefficient (Wildman–Crippen LogP) is 2.55. The first-order valence-corrected chi connectivity index (χ1v) is 5.86. The van der Waals surface area contributed by atoms with Gasteiger partial charge in [0, 0.05) is 6.04 Å². The van der Waals surface area contributed by atoms with E-state index in [0.717, 1.165) is 12.8 Å². The molecule has 92 valence electrons. The zero-order valence-corrected chi connectivity index (χ0v) is 9.98. The number of carbonyl (C=O) groups is 1. The highest BCUT2D eigenvalue weighted by molar-refractivity contribution is 5.67. The third kappa shape index (κ3) is 3.76. The molecule has 1 rings (SSSR count). The number of amides is 1.